The quantitative estimate of drug-likeness (QED) is 0.783. The van der Waals surface area contributed by atoms with E-state index in [1.807, 2.05) is 26.1 Å². The fourth-order valence-corrected chi connectivity index (χ4v) is 1.95. The van der Waals surface area contributed by atoms with Gasteiger partial charge in [0.1, 0.15) is 11.5 Å². The number of carbonyl (C=O) groups excluding carboxylic acids is 1. The molecule has 1 aliphatic heterocycles. The summed E-state index contributed by atoms with van der Waals surface area (Å²) in [6, 6.07) is 3.66. The molecular formula is C12H19N3O2. The molecule has 5 heteroatoms. The molecule has 1 fully saturated rings. The molecule has 1 saturated heterocycles. The van der Waals surface area contributed by atoms with Crippen molar-refractivity contribution in [2.45, 2.75) is 19.5 Å². The summed E-state index contributed by atoms with van der Waals surface area (Å²) in [5.74, 6) is 1.69. The Kier molecular flexibility index (Phi) is 3.81. The lowest BCUT2D eigenvalue weighted by Gasteiger charge is -2.29. The van der Waals surface area contributed by atoms with Gasteiger partial charge in [-0.15, -0.1) is 0 Å². The van der Waals surface area contributed by atoms with Gasteiger partial charge in [0, 0.05) is 19.6 Å². The molecule has 0 spiro atoms. The van der Waals surface area contributed by atoms with E-state index in [0.717, 1.165) is 31.2 Å². The highest BCUT2D eigenvalue weighted by Crippen LogP contribution is 2.05. The summed E-state index contributed by atoms with van der Waals surface area (Å²) in [4.78, 5) is 14.0. The second-order valence-electron chi connectivity index (χ2n) is 4.50. The third-order valence-corrected chi connectivity index (χ3v) is 2.93. The molecule has 5 nitrogen and oxygen atoms in total. The largest absolute Gasteiger partial charge is 0.465 e. The van der Waals surface area contributed by atoms with E-state index in [4.69, 9.17) is 4.42 Å². The highest BCUT2D eigenvalue weighted by atomic mass is 16.3. The summed E-state index contributed by atoms with van der Waals surface area (Å²) in [7, 11) is 2.02. The Morgan fingerprint density at radius 2 is 2.47 bits per heavy atom. The van der Waals surface area contributed by atoms with Crippen molar-refractivity contribution in [3.8, 4) is 0 Å². The molecule has 2 N–H and O–H groups in total. The molecule has 0 aromatic carbocycles. The van der Waals surface area contributed by atoms with Crippen molar-refractivity contribution in [2.24, 2.45) is 0 Å². The molecule has 0 bridgehead atoms. The normalized spacial score (nSPS) is 21.4. The third kappa shape index (κ3) is 3.31. The van der Waals surface area contributed by atoms with Crippen molar-refractivity contribution in [1.82, 2.24) is 15.5 Å². The molecule has 1 aromatic heterocycles. The Labute approximate surface area is 101 Å². The molecule has 2 heterocycles. The number of furan rings is 1. The maximum Gasteiger partial charge on any atom is 0.238 e. The first-order valence-electron chi connectivity index (χ1n) is 5.90. The Hall–Kier alpha value is -1.33. The number of rotatable bonds is 3. The van der Waals surface area contributed by atoms with Crippen LogP contribution < -0.4 is 10.6 Å². The van der Waals surface area contributed by atoms with Gasteiger partial charge in [-0.2, -0.15) is 0 Å². The van der Waals surface area contributed by atoms with Gasteiger partial charge in [-0.05, 0) is 26.1 Å². The van der Waals surface area contributed by atoms with E-state index in [1.54, 1.807) is 0 Å². The second kappa shape index (κ2) is 5.33. The average molecular weight is 237 g/mol. The number of nitrogens with zero attached hydrogens (tertiary/aromatic N) is 1. The van der Waals surface area contributed by atoms with Crippen LogP contribution in [0.25, 0.3) is 0 Å². The van der Waals surface area contributed by atoms with Crippen LogP contribution in [0.5, 0.6) is 0 Å². The van der Waals surface area contributed by atoms with Gasteiger partial charge < -0.3 is 20.0 Å². The van der Waals surface area contributed by atoms with Gasteiger partial charge in [-0.1, -0.05) is 0 Å². The van der Waals surface area contributed by atoms with E-state index in [0.29, 0.717) is 6.54 Å². The molecule has 1 aromatic rings. The smallest absolute Gasteiger partial charge is 0.238 e. The van der Waals surface area contributed by atoms with Crippen LogP contribution in [-0.2, 0) is 11.3 Å². The van der Waals surface area contributed by atoms with Crippen molar-refractivity contribution in [2.75, 3.05) is 26.7 Å². The summed E-state index contributed by atoms with van der Waals surface area (Å²) < 4.78 is 5.40. The fraction of sp³-hybridized carbons (Fsp3) is 0.583. The van der Waals surface area contributed by atoms with Gasteiger partial charge in [-0.25, -0.2) is 0 Å². The lowest BCUT2D eigenvalue weighted by molar-refractivity contribution is -0.124. The van der Waals surface area contributed by atoms with Gasteiger partial charge in [-0.3, -0.25) is 4.79 Å². The Morgan fingerprint density at radius 3 is 3.12 bits per heavy atom. The van der Waals surface area contributed by atoms with Crippen LogP contribution in [0.3, 0.4) is 0 Å². The molecule has 1 unspecified atom stereocenters. The standard InChI is InChI=1S/C12H19N3O2/c1-9-3-4-10(17-9)7-14-12(16)11-8-15(2)6-5-13-11/h3-4,11,13H,5-8H2,1-2H3,(H,14,16). The maximum absolute atomic E-state index is 11.9. The van der Waals surface area contributed by atoms with Gasteiger partial charge in [0.2, 0.25) is 5.91 Å². The van der Waals surface area contributed by atoms with Crippen LogP contribution in [0.4, 0.5) is 0 Å². The van der Waals surface area contributed by atoms with Crippen LogP contribution in [-0.4, -0.2) is 43.5 Å². The maximum atomic E-state index is 11.9. The highest BCUT2D eigenvalue weighted by Gasteiger charge is 2.22. The molecule has 0 aliphatic carbocycles. The molecule has 2 rings (SSSR count). The first-order valence-corrected chi connectivity index (χ1v) is 5.90. The van der Waals surface area contributed by atoms with Crippen LogP contribution >= 0.6 is 0 Å². The molecule has 0 radical (unpaired) electrons. The molecule has 1 aliphatic rings. The Morgan fingerprint density at radius 1 is 1.65 bits per heavy atom. The average Bonchev–Trinajstić information content (AvgIpc) is 2.72. The predicted molar refractivity (Wildman–Crippen MR) is 64.6 cm³/mol. The van der Waals surface area contributed by atoms with Crippen LogP contribution in [0.1, 0.15) is 11.5 Å². The van der Waals surface area contributed by atoms with E-state index in [1.165, 1.54) is 0 Å². The zero-order valence-corrected chi connectivity index (χ0v) is 10.3. The zero-order chi connectivity index (χ0) is 12.3. The monoisotopic (exact) mass is 237 g/mol. The van der Waals surface area contributed by atoms with Crippen molar-refractivity contribution in [3.05, 3.63) is 23.7 Å². The minimum atomic E-state index is -0.121. The molecular weight excluding hydrogens is 218 g/mol. The van der Waals surface area contributed by atoms with Gasteiger partial charge in [0.15, 0.2) is 0 Å². The topological polar surface area (TPSA) is 57.5 Å². The van der Waals surface area contributed by atoms with Crippen LogP contribution in [0.15, 0.2) is 16.5 Å². The van der Waals surface area contributed by atoms with Gasteiger partial charge in [0.25, 0.3) is 0 Å². The minimum Gasteiger partial charge on any atom is -0.465 e. The van der Waals surface area contributed by atoms with E-state index in [9.17, 15) is 4.79 Å². The van der Waals surface area contributed by atoms with Crippen molar-refractivity contribution in [3.63, 3.8) is 0 Å². The highest BCUT2D eigenvalue weighted by molar-refractivity contribution is 5.82. The lowest BCUT2D eigenvalue weighted by atomic mass is 10.2. The summed E-state index contributed by atoms with van der Waals surface area (Å²) in [6.45, 7) is 4.94. The number of aryl methyl sites for hydroxylation is 1. The first-order chi connectivity index (χ1) is 8.15. The SMILES string of the molecule is Cc1ccc(CNC(=O)C2CN(C)CCN2)o1. The van der Waals surface area contributed by atoms with Crippen LogP contribution in [0, 0.1) is 6.92 Å². The van der Waals surface area contributed by atoms with Crippen molar-refractivity contribution in [1.29, 1.82) is 0 Å². The number of nitrogens with one attached hydrogen (secondary N) is 2. The summed E-state index contributed by atoms with van der Waals surface area (Å²) in [5.41, 5.74) is 0. The molecule has 94 valence electrons. The lowest BCUT2D eigenvalue weighted by Crippen LogP contribution is -2.55. The second-order valence-corrected chi connectivity index (χ2v) is 4.50. The number of piperazine rings is 1. The summed E-state index contributed by atoms with van der Waals surface area (Å²) >= 11 is 0. The summed E-state index contributed by atoms with van der Waals surface area (Å²) in [5, 5.41) is 6.09. The van der Waals surface area contributed by atoms with Crippen LogP contribution in [0.2, 0.25) is 0 Å². The zero-order valence-electron chi connectivity index (χ0n) is 10.3. The van der Waals surface area contributed by atoms with Crippen molar-refractivity contribution >= 4 is 5.91 Å². The van der Waals surface area contributed by atoms with E-state index >= 15 is 0 Å². The molecule has 0 saturated carbocycles. The summed E-state index contributed by atoms with van der Waals surface area (Å²) in [6.07, 6.45) is 0. The predicted octanol–water partition coefficient (Wildman–Crippen LogP) is 0.108. The number of likely N-dealkylation sites (N-methyl/N-ethyl adjacent to an activating group) is 1. The minimum absolute atomic E-state index is 0.0330. The number of amides is 1. The van der Waals surface area contributed by atoms with E-state index in [-0.39, 0.29) is 11.9 Å². The molecule has 17 heavy (non-hydrogen) atoms. The third-order valence-electron chi connectivity index (χ3n) is 2.93. The molecule has 1 atom stereocenters. The Bertz CT molecular complexity index is 389. The van der Waals surface area contributed by atoms with Gasteiger partial charge in [0.05, 0.1) is 12.6 Å². The van der Waals surface area contributed by atoms with E-state index < -0.39 is 0 Å². The number of carbonyl (C=O) groups is 1. The fourth-order valence-electron chi connectivity index (χ4n) is 1.95. The first kappa shape index (κ1) is 12.1. The van der Waals surface area contributed by atoms with Crippen molar-refractivity contribution < 1.29 is 9.21 Å². The van der Waals surface area contributed by atoms with E-state index in [2.05, 4.69) is 15.5 Å². The number of hydrogen-bond acceptors (Lipinski definition) is 4. The number of hydrogen-bond donors (Lipinski definition) is 2. The Balaban J connectivity index is 1.80. The van der Waals surface area contributed by atoms with Gasteiger partial charge >= 0.3 is 0 Å². The molecule has 1 amide bonds.